The predicted octanol–water partition coefficient (Wildman–Crippen LogP) is 3.59. The molecule has 2 aromatic carbocycles. The van der Waals surface area contributed by atoms with Crippen LogP contribution in [0.4, 0.5) is 5.69 Å². The Hall–Kier alpha value is -2.72. The van der Waals surface area contributed by atoms with Crippen LogP contribution in [0.3, 0.4) is 0 Å². The van der Waals surface area contributed by atoms with Gasteiger partial charge in [0.05, 0.1) is 11.3 Å². The third-order valence-electron chi connectivity index (χ3n) is 4.09. The zero-order valence-corrected chi connectivity index (χ0v) is 18.6. The fourth-order valence-corrected chi connectivity index (χ4v) is 3.82. The van der Waals surface area contributed by atoms with Gasteiger partial charge in [0.25, 0.3) is 0 Å². The summed E-state index contributed by atoms with van der Waals surface area (Å²) >= 11 is 11.8. The average molecular weight is 481 g/mol. The van der Waals surface area contributed by atoms with Gasteiger partial charge < -0.3 is 10.1 Å². The van der Waals surface area contributed by atoms with Crippen molar-refractivity contribution < 1.29 is 17.9 Å². The van der Waals surface area contributed by atoms with Gasteiger partial charge in [-0.25, -0.2) is 23.5 Å². The second-order valence-electron chi connectivity index (χ2n) is 6.49. The summed E-state index contributed by atoms with van der Waals surface area (Å²) in [5.41, 5.74) is 0.960. The highest BCUT2D eigenvalue weighted by Crippen LogP contribution is 2.29. The molecule has 11 heteroatoms. The van der Waals surface area contributed by atoms with Gasteiger partial charge in [-0.1, -0.05) is 47.5 Å². The van der Waals surface area contributed by atoms with Crippen LogP contribution in [0.15, 0.2) is 59.8 Å². The molecule has 1 heterocycles. The minimum Gasteiger partial charge on any atom is -0.444 e. The van der Waals surface area contributed by atoms with Crippen LogP contribution in [-0.4, -0.2) is 29.9 Å². The number of nitrogens with zero attached hydrogens (tertiary/aromatic N) is 2. The fourth-order valence-electron chi connectivity index (χ4n) is 2.76. The van der Waals surface area contributed by atoms with Crippen molar-refractivity contribution in [2.24, 2.45) is 5.14 Å². The number of alkyl halides is 1. The van der Waals surface area contributed by atoms with E-state index in [0.717, 1.165) is 0 Å². The molecular weight excluding hydrogens is 463 g/mol. The van der Waals surface area contributed by atoms with Crippen molar-refractivity contribution in [1.82, 2.24) is 9.97 Å². The first-order valence-electron chi connectivity index (χ1n) is 8.97. The van der Waals surface area contributed by atoms with Crippen LogP contribution in [0.5, 0.6) is 6.01 Å². The van der Waals surface area contributed by atoms with Crippen molar-refractivity contribution >= 4 is 44.8 Å². The Morgan fingerprint density at radius 3 is 2.48 bits per heavy atom. The molecule has 1 aromatic heterocycles. The van der Waals surface area contributed by atoms with Crippen LogP contribution in [0.25, 0.3) is 11.1 Å². The standard InChI is InChI=1S/C20H18Cl2N4O4S/c1-12(21)30-20-24-10-14(11-25-20)16-7-6-15(9-18(16)31(23,28)29)26-19(27)8-13-4-2-3-5-17(13)22/h2-7,9-12H,8H2,1H3,(H,26,27)(H2,23,28,29). The maximum atomic E-state index is 12.4. The number of sulfonamides is 1. The number of nitrogens with one attached hydrogen (secondary N) is 1. The summed E-state index contributed by atoms with van der Waals surface area (Å²) in [6.07, 6.45) is 2.81. The third kappa shape index (κ3) is 6.14. The maximum Gasteiger partial charge on any atom is 0.317 e. The first-order chi connectivity index (χ1) is 14.6. The number of ether oxygens (including phenoxy) is 1. The van der Waals surface area contributed by atoms with E-state index in [1.807, 2.05) is 0 Å². The number of amides is 1. The van der Waals surface area contributed by atoms with Gasteiger partial charge in [-0.05, 0) is 30.7 Å². The summed E-state index contributed by atoms with van der Waals surface area (Å²) < 4.78 is 29.5. The summed E-state index contributed by atoms with van der Waals surface area (Å²) in [4.78, 5) is 20.2. The topological polar surface area (TPSA) is 124 Å². The molecule has 31 heavy (non-hydrogen) atoms. The number of carbonyl (C=O) groups excluding carboxylic acids is 1. The van der Waals surface area contributed by atoms with E-state index in [4.69, 9.17) is 33.1 Å². The van der Waals surface area contributed by atoms with Crippen molar-refractivity contribution in [2.45, 2.75) is 23.8 Å². The van der Waals surface area contributed by atoms with Gasteiger partial charge in [0.15, 0.2) is 5.56 Å². The van der Waals surface area contributed by atoms with Gasteiger partial charge in [-0.3, -0.25) is 4.79 Å². The van der Waals surface area contributed by atoms with Gasteiger partial charge in [0.1, 0.15) is 0 Å². The first-order valence-corrected chi connectivity index (χ1v) is 11.3. The summed E-state index contributed by atoms with van der Waals surface area (Å²) in [5.74, 6) is -0.360. The number of halogens is 2. The highest BCUT2D eigenvalue weighted by Gasteiger charge is 2.18. The summed E-state index contributed by atoms with van der Waals surface area (Å²) in [6.45, 7) is 1.61. The highest BCUT2D eigenvalue weighted by molar-refractivity contribution is 7.89. The number of aromatic nitrogens is 2. The van der Waals surface area contributed by atoms with Crippen LogP contribution >= 0.6 is 23.2 Å². The van der Waals surface area contributed by atoms with Crippen LogP contribution in [-0.2, 0) is 21.2 Å². The van der Waals surface area contributed by atoms with E-state index in [-0.39, 0.29) is 34.5 Å². The Balaban J connectivity index is 1.87. The SMILES string of the molecule is CC(Cl)Oc1ncc(-c2ccc(NC(=O)Cc3ccccc3Cl)cc2S(N)(=O)=O)cn1. The van der Waals surface area contributed by atoms with E-state index in [9.17, 15) is 13.2 Å². The van der Waals surface area contributed by atoms with Crippen LogP contribution in [0.2, 0.25) is 5.02 Å². The number of carbonyl (C=O) groups is 1. The minimum absolute atomic E-state index is 0.0282. The van der Waals surface area contributed by atoms with Crippen LogP contribution in [0.1, 0.15) is 12.5 Å². The zero-order chi connectivity index (χ0) is 22.6. The molecule has 3 aromatic rings. The van der Waals surface area contributed by atoms with Crippen molar-refractivity contribution in [1.29, 1.82) is 0 Å². The average Bonchev–Trinajstić information content (AvgIpc) is 2.69. The summed E-state index contributed by atoms with van der Waals surface area (Å²) in [6, 6.07) is 11.3. The highest BCUT2D eigenvalue weighted by atomic mass is 35.5. The van der Waals surface area contributed by atoms with E-state index >= 15 is 0 Å². The predicted molar refractivity (Wildman–Crippen MR) is 119 cm³/mol. The number of nitrogens with two attached hydrogens (primary N) is 1. The van der Waals surface area contributed by atoms with Gasteiger partial charge in [0.2, 0.25) is 15.9 Å². The van der Waals surface area contributed by atoms with E-state index in [2.05, 4.69) is 15.3 Å². The molecule has 0 aliphatic carbocycles. The lowest BCUT2D eigenvalue weighted by atomic mass is 10.1. The quantitative estimate of drug-likeness (QED) is 0.497. The molecule has 0 saturated heterocycles. The minimum atomic E-state index is -4.11. The van der Waals surface area contributed by atoms with E-state index in [1.165, 1.54) is 24.5 Å². The second-order valence-corrected chi connectivity index (χ2v) is 9.04. The molecule has 0 saturated carbocycles. The molecule has 3 N–H and O–H groups in total. The molecule has 8 nitrogen and oxygen atoms in total. The lowest BCUT2D eigenvalue weighted by Gasteiger charge is -2.12. The van der Waals surface area contributed by atoms with Gasteiger partial charge >= 0.3 is 6.01 Å². The van der Waals surface area contributed by atoms with Gasteiger partial charge in [-0.2, -0.15) is 0 Å². The first kappa shape index (κ1) is 23.0. The molecule has 0 aliphatic heterocycles. The molecular formula is C20H18Cl2N4O4S. The van der Waals surface area contributed by atoms with E-state index in [0.29, 0.717) is 16.1 Å². The lowest BCUT2D eigenvalue weighted by Crippen LogP contribution is -2.17. The molecule has 1 atom stereocenters. The molecule has 0 radical (unpaired) electrons. The van der Waals surface area contributed by atoms with Gasteiger partial charge in [-0.15, -0.1) is 0 Å². The Kier molecular flexibility index (Phi) is 7.11. The smallest absolute Gasteiger partial charge is 0.317 e. The normalized spacial score (nSPS) is 12.3. The molecule has 162 valence electrons. The number of benzene rings is 2. The molecule has 1 amide bonds. The molecule has 3 rings (SSSR count). The lowest BCUT2D eigenvalue weighted by molar-refractivity contribution is -0.115. The number of primary sulfonamides is 1. The van der Waals surface area contributed by atoms with Crippen molar-refractivity contribution in [3.05, 3.63) is 65.4 Å². The Morgan fingerprint density at radius 1 is 1.19 bits per heavy atom. The number of hydrogen-bond donors (Lipinski definition) is 2. The van der Waals surface area contributed by atoms with Crippen LogP contribution in [0, 0.1) is 0 Å². The molecule has 0 aliphatic rings. The fraction of sp³-hybridized carbons (Fsp3) is 0.150. The molecule has 0 spiro atoms. The van der Waals surface area contributed by atoms with Crippen molar-refractivity contribution in [2.75, 3.05) is 5.32 Å². The molecule has 0 fully saturated rings. The third-order valence-corrected chi connectivity index (χ3v) is 5.50. The van der Waals surface area contributed by atoms with Crippen molar-refractivity contribution in [3.63, 3.8) is 0 Å². The molecule has 0 bridgehead atoms. The van der Waals surface area contributed by atoms with E-state index < -0.39 is 15.6 Å². The number of anilines is 1. The maximum absolute atomic E-state index is 12.4. The Bertz CT molecular complexity index is 1200. The zero-order valence-electron chi connectivity index (χ0n) is 16.2. The van der Waals surface area contributed by atoms with Crippen molar-refractivity contribution in [3.8, 4) is 17.1 Å². The van der Waals surface area contributed by atoms with Gasteiger partial charge in [0, 0.05) is 34.2 Å². The second kappa shape index (κ2) is 9.61. The Morgan fingerprint density at radius 2 is 1.87 bits per heavy atom. The number of rotatable bonds is 7. The summed E-state index contributed by atoms with van der Waals surface area (Å²) in [7, 11) is -4.11. The molecule has 1 unspecified atom stereocenters. The number of hydrogen-bond acceptors (Lipinski definition) is 6. The van der Waals surface area contributed by atoms with E-state index in [1.54, 1.807) is 37.3 Å². The Labute approximate surface area is 189 Å². The largest absolute Gasteiger partial charge is 0.444 e. The van der Waals surface area contributed by atoms with Crippen LogP contribution < -0.4 is 15.2 Å². The summed E-state index contributed by atoms with van der Waals surface area (Å²) in [5, 5.41) is 8.52. The monoisotopic (exact) mass is 480 g/mol.